The summed E-state index contributed by atoms with van der Waals surface area (Å²) < 4.78 is 128. The van der Waals surface area contributed by atoms with Crippen molar-refractivity contribution < 1.29 is 58.3 Å². The number of halogens is 6. The van der Waals surface area contributed by atoms with Crippen LogP contribution in [0.1, 0.15) is 29.8 Å². The van der Waals surface area contributed by atoms with Gasteiger partial charge in [-0.05, 0) is 74.5 Å². The van der Waals surface area contributed by atoms with E-state index in [-0.39, 0.29) is 11.1 Å². The lowest BCUT2D eigenvalue weighted by atomic mass is 10.1. The number of esters is 1. The molecule has 0 radical (unpaired) electrons. The van der Waals surface area contributed by atoms with E-state index < -0.39 is 69.2 Å². The molecule has 232 valence electrons. The van der Waals surface area contributed by atoms with E-state index in [1.54, 1.807) is 30.3 Å². The van der Waals surface area contributed by atoms with Gasteiger partial charge < -0.3 is 14.2 Å². The van der Waals surface area contributed by atoms with Crippen LogP contribution < -0.4 is 0 Å². The molecule has 1 aliphatic rings. The van der Waals surface area contributed by atoms with Crippen LogP contribution in [0.15, 0.2) is 93.5 Å². The number of benzene rings is 3. The van der Waals surface area contributed by atoms with Crippen molar-refractivity contribution in [3.8, 4) is 0 Å². The predicted molar refractivity (Wildman–Crippen MR) is 142 cm³/mol. The molecule has 4 rings (SSSR count). The summed E-state index contributed by atoms with van der Waals surface area (Å²) in [6.45, 7) is -1.21. The summed E-state index contributed by atoms with van der Waals surface area (Å²) in [5.74, 6) is -12.0. The number of ether oxygens (including phenoxy) is 3. The van der Waals surface area contributed by atoms with Crippen LogP contribution in [0, 0.1) is 0 Å². The van der Waals surface area contributed by atoms with E-state index in [1.807, 2.05) is 12.1 Å². The van der Waals surface area contributed by atoms with Crippen molar-refractivity contribution in [1.82, 2.24) is 0 Å². The second kappa shape index (κ2) is 11.8. The summed E-state index contributed by atoms with van der Waals surface area (Å²) >= 11 is 0. The van der Waals surface area contributed by atoms with E-state index in [0.29, 0.717) is 16.7 Å². The highest BCUT2D eigenvalue weighted by Gasteiger charge is 2.60. The van der Waals surface area contributed by atoms with Gasteiger partial charge in [0.1, 0.15) is 13.2 Å². The predicted octanol–water partition coefficient (Wildman–Crippen LogP) is 6.30. The zero-order valence-corrected chi connectivity index (χ0v) is 24.1. The third-order valence-electron chi connectivity index (χ3n) is 6.61. The first kappa shape index (κ1) is 32.8. The molecule has 1 saturated heterocycles. The summed E-state index contributed by atoms with van der Waals surface area (Å²) in [6.07, 6.45) is -2.48. The number of hydrogen-bond donors (Lipinski definition) is 1. The molecule has 0 spiro atoms. The van der Waals surface area contributed by atoms with Crippen LogP contribution in [-0.2, 0) is 41.0 Å². The van der Waals surface area contributed by atoms with E-state index in [1.165, 1.54) is 43.3 Å². The van der Waals surface area contributed by atoms with Crippen molar-refractivity contribution in [1.29, 1.82) is 0 Å². The molecule has 0 aliphatic carbocycles. The highest BCUT2D eigenvalue weighted by atomic mass is 32.2. The van der Waals surface area contributed by atoms with Gasteiger partial charge in [-0.15, -0.1) is 0 Å². The lowest BCUT2D eigenvalue weighted by molar-refractivity contribution is -0.233. The normalized spacial score (nSPS) is 19.6. The fourth-order valence-corrected chi connectivity index (χ4v) is 6.50. The van der Waals surface area contributed by atoms with Gasteiger partial charge in [-0.3, -0.25) is 4.55 Å². The zero-order valence-electron chi connectivity index (χ0n) is 22.5. The highest BCUT2D eigenvalue weighted by molar-refractivity contribution is 7.97. The van der Waals surface area contributed by atoms with Gasteiger partial charge >= 0.3 is 33.2 Å². The van der Waals surface area contributed by atoms with Gasteiger partial charge in [-0.25, -0.2) is 4.79 Å². The maximum absolute atomic E-state index is 13.8. The number of rotatable bonds is 8. The maximum Gasteiger partial charge on any atom is 0.405 e. The Morgan fingerprint density at radius 2 is 1.30 bits per heavy atom. The third-order valence-corrected chi connectivity index (χ3v) is 9.86. The molecule has 15 heteroatoms. The van der Waals surface area contributed by atoms with Crippen molar-refractivity contribution in [3.05, 3.63) is 90.0 Å². The average molecular weight is 652 g/mol. The molecule has 1 N–H and O–H groups in total. The van der Waals surface area contributed by atoms with Gasteiger partial charge in [0.25, 0.3) is 0 Å². The number of hydrogen-bond acceptors (Lipinski definition) is 6. The first-order valence-corrected chi connectivity index (χ1v) is 15.1. The second-order valence-corrected chi connectivity index (χ2v) is 13.2. The van der Waals surface area contributed by atoms with Crippen LogP contribution in [0.4, 0.5) is 26.3 Å². The summed E-state index contributed by atoms with van der Waals surface area (Å²) in [5.41, 5.74) is 0.0492. The van der Waals surface area contributed by atoms with Gasteiger partial charge in [0.2, 0.25) is 0 Å². The third kappa shape index (κ3) is 6.70. The lowest BCUT2D eigenvalue weighted by Gasteiger charge is -2.28. The highest BCUT2D eigenvalue weighted by Crippen LogP contribution is 2.43. The Kier molecular flexibility index (Phi) is 8.97. The first-order valence-electron chi connectivity index (χ1n) is 12.5. The van der Waals surface area contributed by atoms with Gasteiger partial charge in [-0.1, -0.05) is 18.2 Å². The molecule has 43 heavy (non-hydrogen) atoms. The molecule has 1 aliphatic heterocycles. The summed E-state index contributed by atoms with van der Waals surface area (Å²) in [5, 5.41) is -4.72. The largest absolute Gasteiger partial charge is 0.451 e. The topological polar surface area (TPSA) is 99.1 Å². The molecule has 0 amide bonds. The number of alkyl halides is 6. The molecule has 0 saturated carbocycles. The smallest absolute Gasteiger partial charge is 0.405 e. The first-order chi connectivity index (χ1) is 19.9. The Morgan fingerprint density at radius 1 is 0.860 bits per heavy atom. The minimum Gasteiger partial charge on any atom is -0.451 e. The number of carbonyl (C=O) groups is 1. The standard InChI is InChI=1S/C28H24F6O7S2/c1-18(28(33,34)43(36,37)38)41-24(35)19-8-12-22(13-9-19)42(21-6-4-3-5-7-21)23-14-10-20(11-15-23)25(2)39-16-26(29,30)27(31,32)17-40-25/h3-15,18H,16-17H2,1-2H3/p+1. The van der Waals surface area contributed by atoms with E-state index in [4.69, 9.17) is 14.0 Å². The van der Waals surface area contributed by atoms with Crippen LogP contribution >= 0.6 is 0 Å². The number of carbonyl (C=O) groups excluding carboxylic acids is 1. The molecule has 1 fully saturated rings. The molecule has 2 unspecified atom stereocenters. The molecule has 0 bridgehead atoms. The SMILES string of the molecule is CC(OC(=O)c1ccc([S+](c2ccccc2)c2ccc(C3(C)OCC(F)(F)C(F)(F)CO3)cc2)cc1)C(F)(F)S(=O)(=O)O. The maximum atomic E-state index is 13.8. The van der Waals surface area contributed by atoms with Crippen LogP contribution in [0.25, 0.3) is 0 Å². The second-order valence-electron chi connectivity index (χ2n) is 9.68. The summed E-state index contributed by atoms with van der Waals surface area (Å²) in [7, 11) is -6.66. The minimum atomic E-state index is -5.83. The van der Waals surface area contributed by atoms with Crippen LogP contribution in [-0.4, -0.2) is 55.4 Å². The van der Waals surface area contributed by atoms with Crippen molar-refractivity contribution >= 4 is 27.0 Å². The van der Waals surface area contributed by atoms with Crippen LogP contribution in [0.3, 0.4) is 0 Å². The van der Waals surface area contributed by atoms with Crippen molar-refractivity contribution in [2.75, 3.05) is 13.2 Å². The molecule has 2 atom stereocenters. The zero-order chi connectivity index (χ0) is 31.8. The molecule has 3 aromatic rings. The molecular weight excluding hydrogens is 626 g/mol. The van der Waals surface area contributed by atoms with Crippen LogP contribution in [0.5, 0.6) is 0 Å². The van der Waals surface area contributed by atoms with E-state index in [2.05, 4.69) is 4.74 Å². The Labute approximate surface area is 245 Å². The van der Waals surface area contributed by atoms with E-state index in [0.717, 1.165) is 4.90 Å². The lowest BCUT2D eigenvalue weighted by Crippen LogP contribution is -2.45. The molecular formula is C28H25F6O7S2+. The molecule has 7 nitrogen and oxygen atoms in total. The van der Waals surface area contributed by atoms with E-state index >= 15 is 0 Å². The van der Waals surface area contributed by atoms with Gasteiger partial charge in [0.15, 0.2) is 26.6 Å². The van der Waals surface area contributed by atoms with Crippen molar-refractivity contribution in [2.24, 2.45) is 0 Å². The minimum absolute atomic E-state index is 0.169. The monoisotopic (exact) mass is 651 g/mol. The Morgan fingerprint density at radius 3 is 1.77 bits per heavy atom. The van der Waals surface area contributed by atoms with Gasteiger partial charge in [0.05, 0.1) is 16.5 Å². The molecule has 0 aromatic heterocycles. The van der Waals surface area contributed by atoms with Crippen LogP contribution in [0.2, 0.25) is 0 Å². The van der Waals surface area contributed by atoms with E-state index in [9.17, 15) is 39.6 Å². The molecule has 3 aromatic carbocycles. The molecule has 1 heterocycles. The van der Waals surface area contributed by atoms with Crippen molar-refractivity contribution in [2.45, 2.75) is 57.5 Å². The Bertz CT molecular complexity index is 1530. The fourth-order valence-electron chi connectivity index (χ4n) is 3.97. The summed E-state index contributed by atoms with van der Waals surface area (Å²) in [6, 6.07) is 21.0. The van der Waals surface area contributed by atoms with Gasteiger partial charge in [-0.2, -0.15) is 34.8 Å². The fraction of sp³-hybridized carbons (Fsp3) is 0.321. The quantitative estimate of drug-likeness (QED) is 0.132. The average Bonchev–Trinajstić information content (AvgIpc) is 3.03. The Balaban J connectivity index is 1.61. The summed E-state index contributed by atoms with van der Waals surface area (Å²) in [4.78, 5) is 14.6. The Hall–Kier alpha value is -3.11. The van der Waals surface area contributed by atoms with Gasteiger partial charge in [0, 0.05) is 5.56 Å². The van der Waals surface area contributed by atoms with Crippen molar-refractivity contribution in [3.63, 3.8) is 0 Å².